The van der Waals surface area contributed by atoms with Crippen LogP contribution in [0.2, 0.25) is 0 Å². The van der Waals surface area contributed by atoms with Crippen molar-refractivity contribution >= 4 is 57.0 Å². The first-order valence-electron chi connectivity index (χ1n) is 16.7. The monoisotopic (exact) mass is 655 g/mol. The summed E-state index contributed by atoms with van der Waals surface area (Å²) >= 11 is 3.69. The van der Waals surface area contributed by atoms with Gasteiger partial charge in [0.2, 0.25) is 5.52 Å². The quantitative estimate of drug-likeness (QED) is 0.133. The molecule has 0 saturated heterocycles. The largest absolute Gasteiger partial charge is 0.481 e. The third-order valence-electron chi connectivity index (χ3n) is 9.17. The summed E-state index contributed by atoms with van der Waals surface area (Å²) in [5, 5.41) is 20.5. The van der Waals surface area contributed by atoms with Crippen LogP contribution in [0.15, 0.2) is 93.4 Å². The molecule has 0 bridgehead atoms. The highest BCUT2D eigenvalue weighted by atomic mass is 32.2. The zero-order valence-electron chi connectivity index (χ0n) is 26.3. The van der Waals surface area contributed by atoms with Gasteiger partial charge < -0.3 is 15.1 Å². The van der Waals surface area contributed by atoms with Crippen molar-refractivity contribution in [2.24, 2.45) is 5.92 Å². The summed E-state index contributed by atoms with van der Waals surface area (Å²) in [4.78, 5) is 25.6. The van der Waals surface area contributed by atoms with Gasteiger partial charge in [0.1, 0.15) is 4.70 Å². The van der Waals surface area contributed by atoms with E-state index in [0.717, 1.165) is 64.5 Å². The molecule has 0 fully saturated rings. The van der Waals surface area contributed by atoms with Gasteiger partial charge in [-0.25, -0.2) is 0 Å². The minimum Gasteiger partial charge on any atom is -0.481 e. The molecule has 2 N–H and O–H groups in total. The number of para-hydroxylation sites is 2. The average Bonchev–Trinajstić information content (AvgIpc) is 3.57. The molecule has 1 unspecified atom stereocenters. The third-order valence-corrected chi connectivity index (χ3v) is 11.4. The second-order valence-electron chi connectivity index (χ2n) is 12.5. The van der Waals surface area contributed by atoms with Crippen molar-refractivity contribution in [1.82, 2.24) is 0 Å². The van der Waals surface area contributed by atoms with E-state index in [2.05, 4.69) is 82.3 Å². The lowest BCUT2D eigenvalue weighted by atomic mass is 9.77. The Bertz CT molecular complexity index is 1720. The molecule has 46 heavy (non-hydrogen) atoms. The van der Waals surface area contributed by atoms with Gasteiger partial charge in [0, 0.05) is 42.8 Å². The predicted octanol–water partition coefficient (Wildman–Crippen LogP) is 9.37. The lowest BCUT2D eigenvalue weighted by Gasteiger charge is -2.28. The molecule has 6 nitrogen and oxygen atoms in total. The van der Waals surface area contributed by atoms with Gasteiger partial charge in [-0.1, -0.05) is 65.9 Å². The number of carbonyl (C=O) groups is 2. The van der Waals surface area contributed by atoms with Crippen molar-refractivity contribution < 1.29 is 24.4 Å². The van der Waals surface area contributed by atoms with Gasteiger partial charge in [-0.2, -0.15) is 4.57 Å². The summed E-state index contributed by atoms with van der Waals surface area (Å²) in [6.45, 7) is 1.80. The first-order valence-corrected chi connectivity index (χ1v) is 18.3. The number of thioether (sulfide) groups is 1. The van der Waals surface area contributed by atoms with E-state index in [1.165, 1.54) is 60.4 Å². The number of fused-ring (bicyclic) bond motifs is 3. The number of allylic oxidation sites excluding steroid dienone is 6. The van der Waals surface area contributed by atoms with Crippen LogP contribution >= 0.6 is 23.1 Å². The van der Waals surface area contributed by atoms with Crippen molar-refractivity contribution in [1.29, 1.82) is 0 Å². The van der Waals surface area contributed by atoms with Crippen LogP contribution in [-0.2, 0) is 16.1 Å². The first kappa shape index (κ1) is 32.3. The van der Waals surface area contributed by atoms with Gasteiger partial charge in [-0.05, 0) is 98.3 Å². The number of hydrogen-bond acceptors (Lipinski definition) is 5. The molecule has 3 aromatic rings. The van der Waals surface area contributed by atoms with Crippen LogP contribution in [0.25, 0.3) is 16.3 Å². The number of aliphatic carboxylic acids is 2. The standard InChI is InChI=1S/C38H42N2O4S2/c41-37(42)15-3-1-9-21-39-31-11-5-7-13-33(31)45-35(39)25-27-17-19-29-20-18-28(24-30(29)23-27)26-36-40(22-10-2-4-16-38(43)44)32-12-6-8-14-34(32)46-36/h5-8,11-14,23-26,29H,1-4,9-10,15-22H2,(H-,41,42,43,44)/p+1. The number of anilines is 1. The zero-order chi connectivity index (χ0) is 31.9. The van der Waals surface area contributed by atoms with Gasteiger partial charge in [-0.15, -0.1) is 0 Å². The molecule has 0 radical (unpaired) electrons. The fraction of sp³-hybridized carbons (Fsp3) is 0.395. The Labute approximate surface area is 279 Å². The van der Waals surface area contributed by atoms with Crippen LogP contribution in [-0.4, -0.2) is 28.7 Å². The predicted molar refractivity (Wildman–Crippen MR) is 188 cm³/mol. The zero-order valence-corrected chi connectivity index (χ0v) is 28.0. The molecule has 6 rings (SSSR count). The van der Waals surface area contributed by atoms with Crippen LogP contribution in [0.4, 0.5) is 5.69 Å². The smallest absolute Gasteiger partial charge is 0.303 e. The van der Waals surface area contributed by atoms with E-state index in [0.29, 0.717) is 5.92 Å². The number of aryl methyl sites for hydroxylation is 1. The van der Waals surface area contributed by atoms with Crippen molar-refractivity contribution in [2.75, 3.05) is 11.4 Å². The Hall–Kier alpha value is -3.62. The molecular weight excluding hydrogens is 613 g/mol. The van der Waals surface area contributed by atoms with E-state index in [9.17, 15) is 9.59 Å². The van der Waals surface area contributed by atoms with Crippen molar-refractivity contribution in [3.63, 3.8) is 0 Å². The summed E-state index contributed by atoms with van der Waals surface area (Å²) in [6, 6.07) is 17.2. The van der Waals surface area contributed by atoms with Gasteiger partial charge in [0.25, 0.3) is 5.01 Å². The summed E-state index contributed by atoms with van der Waals surface area (Å²) in [5.74, 6) is -0.816. The van der Waals surface area contributed by atoms with Crippen LogP contribution in [0.3, 0.4) is 0 Å². The van der Waals surface area contributed by atoms with Gasteiger partial charge in [0.05, 0.1) is 10.7 Å². The van der Waals surface area contributed by atoms with Crippen LogP contribution in [0, 0.1) is 5.92 Å². The third kappa shape index (κ3) is 8.02. The van der Waals surface area contributed by atoms with E-state index in [1.54, 1.807) is 0 Å². The summed E-state index contributed by atoms with van der Waals surface area (Å²) < 4.78 is 3.71. The minimum atomic E-state index is -0.715. The molecule has 240 valence electrons. The molecular formula is C38H43N2O4S2+. The molecule has 8 heteroatoms. The molecule has 1 atom stereocenters. The summed E-state index contributed by atoms with van der Waals surface area (Å²) in [7, 11) is 0. The molecule has 2 heterocycles. The number of hydrogen-bond donors (Lipinski definition) is 2. The number of carboxylic acid groups (broad SMARTS) is 2. The number of benzene rings is 2. The summed E-state index contributed by atoms with van der Waals surface area (Å²) in [5.41, 5.74) is 6.72. The second kappa shape index (κ2) is 15.3. The lowest BCUT2D eigenvalue weighted by Crippen LogP contribution is -2.35. The van der Waals surface area contributed by atoms with Crippen molar-refractivity contribution in [2.45, 2.75) is 88.5 Å². The maximum Gasteiger partial charge on any atom is 0.303 e. The van der Waals surface area contributed by atoms with E-state index in [4.69, 9.17) is 10.2 Å². The molecule has 0 spiro atoms. The Morgan fingerprint density at radius 3 is 2.41 bits per heavy atom. The number of rotatable bonds is 14. The molecule has 1 aliphatic heterocycles. The second-order valence-corrected chi connectivity index (χ2v) is 14.7. The molecule has 0 saturated carbocycles. The maximum atomic E-state index is 10.9. The Kier molecular flexibility index (Phi) is 10.8. The Morgan fingerprint density at radius 2 is 1.59 bits per heavy atom. The molecule has 1 aromatic heterocycles. The van der Waals surface area contributed by atoms with Gasteiger partial charge >= 0.3 is 11.9 Å². The van der Waals surface area contributed by atoms with E-state index in [1.807, 2.05) is 23.1 Å². The highest BCUT2D eigenvalue weighted by molar-refractivity contribution is 8.03. The van der Waals surface area contributed by atoms with Crippen LogP contribution < -0.4 is 9.47 Å². The fourth-order valence-electron chi connectivity index (χ4n) is 6.78. The first-order chi connectivity index (χ1) is 22.4. The number of thiazole rings is 1. The molecule has 2 aromatic carbocycles. The Morgan fingerprint density at radius 1 is 0.848 bits per heavy atom. The number of carboxylic acids is 2. The maximum absolute atomic E-state index is 10.9. The number of unbranched alkanes of at least 4 members (excludes halogenated alkanes) is 4. The molecule has 2 aliphatic carbocycles. The van der Waals surface area contributed by atoms with Crippen molar-refractivity contribution in [3.05, 3.63) is 93.5 Å². The lowest BCUT2D eigenvalue weighted by molar-refractivity contribution is -0.669. The SMILES string of the molecule is O=C(O)CCCCCN1/C(=C/C2=CC3=C/C(=C/c4sc5ccccc5[n+]4CCCCCC(=O)O)CCC3CC2)Sc2ccccc21. The number of nitrogens with zero attached hydrogens (tertiary/aromatic N) is 2. The van der Waals surface area contributed by atoms with E-state index >= 15 is 0 Å². The van der Waals surface area contributed by atoms with Crippen LogP contribution in [0.1, 0.15) is 82.1 Å². The van der Waals surface area contributed by atoms with Gasteiger partial charge in [0.15, 0.2) is 6.54 Å². The minimum absolute atomic E-state index is 0.241. The normalized spacial score (nSPS) is 19.3. The van der Waals surface area contributed by atoms with Crippen LogP contribution in [0.5, 0.6) is 0 Å². The van der Waals surface area contributed by atoms with E-state index < -0.39 is 11.9 Å². The molecule has 0 amide bonds. The topological polar surface area (TPSA) is 81.7 Å². The number of aromatic nitrogens is 1. The highest BCUT2D eigenvalue weighted by Gasteiger charge is 2.27. The molecule has 3 aliphatic rings. The highest BCUT2D eigenvalue weighted by Crippen LogP contribution is 2.47. The summed E-state index contributed by atoms with van der Waals surface area (Å²) in [6.07, 6.45) is 19.9. The Balaban J connectivity index is 1.21. The van der Waals surface area contributed by atoms with E-state index in [-0.39, 0.29) is 12.8 Å². The fourth-order valence-corrected chi connectivity index (χ4v) is 9.11. The average molecular weight is 656 g/mol. The van der Waals surface area contributed by atoms with Crippen molar-refractivity contribution in [3.8, 4) is 0 Å². The van der Waals surface area contributed by atoms with Gasteiger partial charge in [-0.3, -0.25) is 9.59 Å².